The maximum absolute atomic E-state index is 14.4. The van der Waals surface area contributed by atoms with Crippen LogP contribution in [0.3, 0.4) is 0 Å². The highest BCUT2D eigenvalue weighted by atomic mass is 19.4. The molecular formula is C22H21F7N8O3. The van der Waals surface area contributed by atoms with Crippen molar-refractivity contribution in [1.29, 1.82) is 0 Å². The summed E-state index contributed by atoms with van der Waals surface area (Å²) >= 11 is 0. The summed E-state index contributed by atoms with van der Waals surface area (Å²) in [5, 5.41) is 18.2. The fourth-order valence-corrected chi connectivity index (χ4v) is 3.83. The maximum Gasteiger partial charge on any atom is 0.423 e. The Bertz CT molecular complexity index is 1380. The molecule has 0 unspecified atom stereocenters. The second kappa shape index (κ2) is 11.1. The number of halogens is 7. The number of aromatic nitrogens is 5. The molecule has 0 aromatic carbocycles. The van der Waals surface area contributed by atoms with Crippen molar-refractivity contribution in [2.75, 3.05) is 41.4 Å². The standard InChI is InChI=1S/C22H21F7N8O3/c1-11(34-14-8-33-35-19(39)18(14)22(27,28)29)10-40-15-4-16(30-7-13(15)23)37-3-2-36(9-17(37)38)20-31-5-12(6-32-20)21(24,25)26/h4-8,11,17,38H,2-3,9-10H2,1H3,(H2,34,35,39)/t11-,17-/m0/s1. The topological polar surface area (TPSA) is 132 Å². The largest absolute Gasteiger partial charge is 0.488 e. The van der Waals surface area contributed by atoms with Crippen LogP contribution in [0.25, 0.3) is 0 Å². The summed E-state index contributed by atoms with van der Waals surface area (Å²) < 4.78 is 97.8. The SMILES string of the molecule is C[C@@H](COc1cc(N2CCN(c3ncc(C(F)(F)F)cn3)C[C@@H]2O)ncc1F)Nc1cn[nH]c(=O)c1C(F)(F)F. The Morgan fingerprint density at radius 2 is 1.80 bits per heavy atom. The van der Waals surface area contributed by atoms with Gasteiger partial charge in [0.15, 0.2) is 11.6 Å². The highest BCUT2D eigenvalue weighted by Crippen LogP contribution is 2.32. The van der Waals surface area contributed by atoms with Crippen molar-refractivity contribution in [3.63, 3.8) is 0 Å². The van der Waals surface area contributed by atoms with E-state index >= 15 is 0 Å². The number of alkyl halides is 6. The monoisotopic (exact) mass is 578 g/mol. The average molecular weight is 578 g/mol. The van der Waals surface area contributed by atoms with Crippen molar-refractivity contribution in [3.05, 3.63) is 58.2 Å². The Balaban J connectivity index is 1.40. The van der Waals surface area contributed by atoms with Gasteiger partial charge in [0.05, 0.1) is 36.2 Å². The second-order valence-electron chi connectivity index (χ2n) is 8.70. The van der Waals surface area contributed by atoms with Crippen molar-refractivity contribution in [1.82, 2.24) is 25.1 Å². The molecule has 0 aliphatic carbocycles. The van der Waals surface area contributed by atoms with Gasteiger partial charge in [0, 0.05) is 31.5 Å². The van der Waals surface area contributed by atoms with Crippen LogP contribution < -0.4 is 25.4 Å². The number of H-pyrrole nitrogens is 1. The molecule has 1 aliphatic heterocycles. The number of hydrogen-bond donors (Lipinski definition) is 3. The molecule has 0 amide bonds. The number of rotatable bonds is 7. The highest BCUT2D eigenvalue weighted by molar-refractivity contribution is 5.50. The third-order valence-corrected chi connectivity index (χ3v) is 5.73. The fraction of sp³-hybridized carbons (Fsp3) is 0.409. The molecule has 1 fully saturated rings. The van der Waals surface area contributed by atoms with E-state index in [1.54, 1.807) is 5.10 Å². The quantitative estimate of drug-likeness (QED) is 0.360. The lowest BCUT2D eigenvalue weighted by molar-refractivity contribution is -0.139. The van der Waals surface area contributed by atoms with Gasteiger partial charge in [-0.3, -0.25) is 4.79 Å². The van der Waals surface area contributed by atoms with Crippen molar-refractivity contribution < 1.29 is 40.6 Å². The molecule has 2 atom stereocenters. The molecule has 4 rings (SSSR count). The van der Waals surface area contributed by atoms with E-state index < -0.39 is 52.8 Å². The van der Waals surface area contributed by atoms with Crippen LogP contribution in [0.15, 0.2) is 35.6 Å². The first-order valence-corrected chi connectivity index (χ1v) is 11.5. The van der Waals surface area contributed by atoms with E-state index in [9.17, 15) is 40.6 Å². The van der Waals surface area contributed by atoms with Crippen molar-refractivity contribution in [2.45, 2.75) is 31.5 Å². The summed E-state index contributed by atoms with van der Waals surface area (Å²) in [7, 11) is 0. The molecule has 3 N–H and O–H groups in total. The Morgan fingerprint density at radius 3 is 2.42 bits per heavy atom. The predicted molar refractivity (Wildman–Crippen MR) is 125 cm³/mol. The fourth-order valence-electron chi connectivity index (χ4n) is 3.83. The first-order valence-electron chi connectivity index (χ1n) is 11.5. The molecule has 4 heterocycles. The number of hydrogen-bond acceptors (Lipinski definition) is 10. The number of aliphatic hydroxyl groups excluding tert-OH is 1. The van der Waals surface area contributed by atoms with E-state index in [4.69, 9.17) is 4.74 Å². The third-order valence-electron chi connectivity index (χ3n) is 5.73. The Hall–Kier alpha value is -4.22. The lowest BCUT2D eigenvalue weighted by Crippen LogP contribution is -2.54. The van der Waals surface area contributed by atoms with Gasteiger partial charge in [-0.1, -0.05) is 0 Å². The van der Waals surface area contributed by atoms with Gasteiger partial charge in [0.1, 0.15) is 24.2 Å². The van der Waals surface area contributed by atoms with Gasteiger partial charge in [0.2, 0.25) is 5.95 Å². The molecule has 0 radical (unpaired) electrons. The number of aliphatic hydroxyl groups is 1. The number of ether oxygens (including phenoxy) is 1. The summed E-state index contributed by atoms with van der Waals surface area (Å²) in [6.07, 6.45) is -7.87. The minimum absolute atomic E-state index is 0.0198. The van der Waals surface area contributed by atoms with Crippen LogP contribution in [0.5, 0.6) is 5.75 Å². The van der Waals surface area contributed by atoms with E-state index in [0.717, 1.165) is 12.4 Å². The predicted octanol–water partition coefficient (Wildman–Crippen LogP) is 2.66. The van der Waals surface area contributed by atoms with Crippen LogP contribution in [0, 0.1) is 5.82 Å². The van der Waals surface area contributed by atoms with E-state index in [2.05, 4.69) is 25.4 Å². The molecule has 1 saturated heterocycles. The molecule has 3 aromatic heterocycles. The van der Waals surface area contributed by atoms with Crippen LogP contribution in [0.2, 0.25) is 0 Å². The molecule has 3 aromatic rings. The van der Waals surface area contributed by atoms with Crippen LogP contribution >= 0.6 is 0 Å². The van der Waals surface area contributed by atoms with Crippen LogP contribution in [0.1, 0.15) is 18.1 Å². The highest BCUT2D eigenvalue weighted by Gasteiger charge is 2.38. The number of piperazine rings is 1. The molecule has 0 bridgehead atoms. The van der Waals surface area contributed by atoms with Gasteiger partial charge >= 0.3 is 12.4 Å². The molecule has 1 aliphatic rings. The number of anilines is 3. The van der Waals surface area contributed by atoms with Gasteiger partial charge in [-0.25, -0.2) is 24.4 Å². The molecule has 0 spiro atoms. The number of nitrogens with zero attached hydrogens (tertiary/aromatic N) is 6. The summed E-state index contributed by atoms with van der Waals surface area (Å²) in [5.74, 6) is -1.10. The van der Waals surface area contributed by atoms with Crippen molar-refractivity contribution in [3.8, 4) is 5.75 Å². The van der Waals surface area contributed by atoms with Gasteiger partial charge < -0.3 is 25.0 Å². The summed E-state index contributed by atoms with van der Waals surface area (Å²) in [6, 6.07) is 0.351. The zero-order valence-electron chi connectivity index (χ0n) is 20.5. The van der Waals surface area contributed by atoms with Gasteiger partial charge in [-0.05, 0) is 6.92 Å². The second-order valence-corrected chi connectivity index (χ2v) is 8.70. The Kier molecular flexibility index (Phi) is 7.99. The first kappa shape index (κ1) is 28.8. The first-order chi connectivity index (χ1) is 18.7. The summed E-state index contributed by atoms with van der Waals surface area (Å²) in [5.41, 5.74) is -4.50. The lowest BCUT2D eigenvalue weighted by Gasteiger charge is -2.39. The van der Waals surface area contributed by atoms with Crippen LogP contribution in [0.4, 0.5) is 48.2 Å². The molecule has 216 valence electrons. The zero-order valence-corrected chi connectivity index (χ0v) is 20.5. The summed E-state index contributed by atoms with van der Waals surface area (Å²) in [4.78, 5) is 25.8. The minimum Gasteiger partial charge on any atom is -0.488 e. The number of aromatic amines is 1. The zero-order chi connectivity index (χ0) is 29.2. The number of nitrogens with one attached hydrogen (secondary N) is 2. The van der Waals surface area contributed by atoms with Crippen molar-refractivity contribution in [2.24, 2.45) is 0 Å². The number of β-amino-alcohol motifs (C(OH)–C–C–N with tert-alkyl or cyclic N) is 1. The third kappa shape index (κ3) is 6.49. The van der Waals surface area contributed by atoms with E-state index in [1.165, 1.54) is 22.8 Å². The lowest BCUT2D eigenvalue weighted by atomic mass is 10.2. The van der Waals surface area contributed by atoms with Crippen LogP contribution in [-0.4, -0.2) is 68.8 Å². The average Bonchev–Trinajstić information content (AvgIpc) is 2.87. The molecular weight excluding hydrogens is 557 g/mol. The molecule has 0 saturated carbocycles. The number of pyridine rings is 1. The smallest absolute Gasteiger partial charge is 0.423 e. The minimum atomic E-state index is -4.95. The van der Waals surface area contributed by atoms with Gasteiger partial charge in [0.25, 0.3) is 5.56 Å². The summed E-state index contributed by atoms with van der Waals surface area (Å²) in [6.45, 7) is 1.30. The van der Waals surface area contributed by atoms with E-state index in [0.29, 0.717) is 12.4 Å². The normalized spacial score (nSPS) is 17.1. The van der Waals surface area contributed by atoms with Gasteiger partial charge in [-0.2, -0.15) is 31.4 Å². The Labute approximate surface area is 220 Å². The maximum atomic E-state index is 14.4. The van der Waals surface area contributed by atoms with E-state index in [1.807, 2.05) is 0 Å². The molecule has 11 nitrogen and oxygen atoms in total. The molecule has 18 heteroatoms. The van der Waals surface area contributed by atoms with Crippen molar-refractivity contribution >= 4 is 17.5 Å². The Morgan fingerprint density at radius 1 is 1.10 bits per heavy atom. The van der Waals surface area contributed by atoms with E-state index in [-0.39, 0.29) is 43.8 Å². The van der Waals surface area contributed by atoms with Crippen LogP contribution in [-0.2, 0) is 12.4 Å². The van der Waals surface area contributed by atoms with Gasteiger partial charge in [-0.15, -0.1) is 0 Å². The molecule has 40 heavy (non-hydrogen) atoms.